The molecule has 7 heteroatoms. The number of hydrogen-bond acceptors (Lipinski definition) is 4. The lowest BCUT2D eigenvalue weighted by Crippen LogP contribution is -2.29. The standard InChI is InChI=1S/C23H26N2O3S2/c1-3-17-6-11-19(12-7-17)23(21-5-4-16-29-21)25-22(26)15-10-18-8-13-20(14-9-18)30(27,28)24-2/h4-9,11-14,16,23-24H,3,10,15H2,1-2H3,(H,25,26). The van der Waals surface area contributed by atoms with E-state index in [-0.39, 0.29) is 16.8 Å². The average molecular weight is 443 g/mol. The van der Waals surface area contributed by atoms with E-state index in [2.05, 4.69) is 41.2 Å². The van der Waals surface area contributed by atoms with Gasteiger partial charge in [0.1, 0.15) is 0 Å². The number of nitrogens with one attached hydrogen (secondary N) is 2. The smallest absolute Gasteiger partial charge is 0.240 e. The maximum Gasteiger partial charge on any atom is 0.240 e. The normalized spacial score (nSPS) is 12.5. The third kappa shape index (κ3) is 5.56. The summed E-state index contributed by atoms with van der Waals surface area (Å²) in [5, 5.41) is 5.16. The van der Waals surface area contributed by atoms with E-state index in [0.717, 1.165) is 22.4 Å². The van der Waals surface area contributed by atoms with E-state index in [1.165, 1.54) is 12.6 Å². The van der Waals surface area contributed by atoms with Gasteiger partial charge in [0.2, 0.25) is 15.9 Å². The Kier molecular flexibility index (Phi) is 7.42. The van der Waals surface area contributed by atoms with Gasteiger partial charge in [-0.2, -0.15) is 0 Å². The van der Waals surface area contributed by atoms with Crippen molar-refractivity contribution in [2.45, 2.75) is 37.1 Å². The lowest BCUT2D eigenvalue weighted by molar-refractivity contribution is -0.121. The molecular formula is C23H26N2O3S2. The largest absolute Gasteiger partial charge is 0.344 e. The molecule has 5 nitrogen and oxygen atoms in total. The topological polar surface area (TPSA) is 75.3 Å². The minimum Gasteiger partial charge on any atom is -0.344 e. The number of sulfonamides is 1. The molecule has 158 valence electrons. The Hall–Kier alpha value is -2.48. The molecule has 0 fully saturated rings. The molecule has 0 saturated heterocycles. The monoisotopic (exact) mass is 442 g/mol. The van der Waals surface area contributed by atoms with Gasteiger partial charge in [0.05, 0.1) is 10.9 Å². The zero-order valence-corrected chi connectivity index (χ0v) is 18.7. The van der Waals surface area contributed by atoms with Crippen LogP contribution in [0, 0.1) is 0 Å². The van der Waals surface area contributed by atoms with Crippen molar-refractivity contribution in [3.63, 3.8) is 0 Å². The first kappa shape index (κ1) is 22.2. The summed E-state index contributed by atoms with van der Waals surface area (Å²) in [6.07, 6.45) is 1.84. The molecule has 2 N–H and O–H groups in total. The van der Waals surface area contributed by atoms with Crippen molar-refractivity contribution in [1.29, 1.82) is 0 Å². The summed E-state index contributed by atoms with van der Waals surface area (Å²) in [6.45, 7) is 2.12. The van der Waals surface area contributed by atoms with Gasteiger partial charge in [-0.3, -0.25) is 4.79 Å². The molecule has 0 spiro atoms. The van der Waals surface area contributed by atoms with Crippen LogP contribution in [0.5, 0.6) is 0 Å². The first-order valence-corrected chi connectivity index (χ1v) is 12.2. The van der Waals surface area contributed by atoms with Gasteiger partial charge in [-0.1, -0.05) is 49.4 Å². The molecule has 1 aromatic heterocycles. The van der Waals surface area contributed by atoms with E-state index in [4.69, 9.17) is 0 Å². The van der Waals surface area contributed by atoms with Gasteiger partial charge in [-0.25, -0.2) is 13.1 Å². The highest BCUT2D eigenvalue weighted by atomic mass is 32.2. The number of amides is 1. The quantitative estimate of drug-likeness (QED) is 0.525. The molecule has 0 aliphatic carbocycles. The van der Waals surface area contributed by atoms with E-state index >= 15 is 0 Å². The second-order valence-corrected chi connectivity index (χ2v) is 9.83. The third-order valence-corrected chi connectivity index (χ3v) is 7.36. The molecule has 0 radical (unpaired) electrons. The molecule has 1 heterocycles. The summed E-state index contributed by atoms with van der Waals surface area (Å²) in [4.78, 5) is 14.0. The van der Waals surface area contributed by atoms with Crippen molar-refractivity contribution < 1.29 is 13.2 Å². The van der Waals surface area contributed by atoms with Crippen LogP contribution in [0.4, 0.5) is 0 Å². The Bertz CT molecular complexity index is 1060. The maximum atomic E-state index is 12.7. The molecule has 0 bridgehead atoms. The van der Waals surface area contributed by atoms with Crippen LogP contribution < -0.4 is 10.0 Å². The number of hydrogen-bond donors (Lipinski definition) is 2. The Morgan fingerprint density at radius 2 is 1.67 bits per heavy atom. The molecule has 30 heavy (non-hydrogen) atoms. The van der Waals surface area contributed by atoms with Gasteiger partial charge in [-0.15, -0.1) is 11.3 Å². The number of thiophene rings is 1. The molecule has 0 aliphatic rings. The van der Waals surface area contributed by atoms with Crippen LogP contribution in [0.1, 0.15) is 41.0 Å². The number of rotatable bonds is 9. The predicted octanol–water partition coefficient (Wildman–Crippen LogP) is 4.06. The minimum absolute atomic E-state index is 0.0418. The minimum atomic E-state index is -3.45. The predicted molar refractivity (Wildman–Crippen MR) is 121 cm³/mol. The Balaban J connectivity index is 1.66. The Labute approximate surface area is 182 Å². The molecule has 3 rings (SSSR count). The summed E-state index contributed by atoms with van der Waals surface area (Å²) in [6, 6.07) is 18.8. The van der Waals surface area contributed by atoms with E-state index < -0.39 is 10.0 Å². The lowest BCUT2D eigenvalue weighted by Gasteiger charge is -2.18. The fourth-order valence-corrected chi connectivity index (χ4v) is 4.70. The third-order valence-electron chi connectivity index (χ3n) is 5.00. The molecule has 0 saturated carbocycles. The van der Waals surface area contributed by atoms with Crippen LogP contribution >= 0.6 is 11.3 Å². The van der Waals surface area contributed by atoms with Gasteiger partial charge in [0.15, 0.2) is 0 Å². The average Bonchev–Trinajstić information content (AvgIpc) is 3.31. The van der Waals surface area contributed by atoms with Crippen molar-refractivity contribution in [3.05, 3.63) is 87.6 Å². The van der Waals surface area contributed by atoms with Gasteiger partial charge in [0.25, 0.3) is 0 Å². The van der Waals surface area contributed by atoms with Crippen LogP contribution in [-0.4, -0.2) is 21.4 Å². The molecule has 1 atom stereocenters. The molecule has 3 aromatic rings. The van der Waals surface area contributed by atoms with Crippen molar-refractivity contribution >= 4 is 27.3 Å². The van der Waals surface area contributed by atoms with Crippen molar-refractivity contribution in [1.82, 2.24) is 10.0 Å². The molecular weight excluding hydrogens is 416 g/mol. The maximum absolute atomic E-state index is 12.7. The van der Waals surface area contributed by atoms with Gasteiger partial charge in [-0.05, 0) is 60.2 Å². The summed E-state index contributed by atoms with van der Waals surface area (Å²) in [5.41, 5.74) is 3.24. The molecule has 1 unspecified atom stereocenters. The van der Waals surface area contributed by atoms with Crippen LogP contribution in [-0.2, 0) is 27.7 Å². The first-order valence-electron chi connectivity index (χ1n) is 9.87. The van der Waals surface area contributed by atoms with Crippen LogP contribution in [0.25, 0.3) is 0 Å². The number of aryl methyl sites for hydroxylation is 2. The van der Waals surface area contributed by atoms with Crippen LogP contribution in [0.3, 0.4) is 0 Å². The Morgan fingerprint density at radius 3 is 2.23 bits per heavy atom. The van der Waals surface area contributed by atoms with E-state index in [1.807, 2.05) is 17.5 Å². The summed E-state index contributed by atoms with van der Waals surface area (Å²) >= 11 is 1.62. The zero-order valence-electron chi connectivity index (χ0n) is 17.1. The number of carbonyl (C=O) groups excluding carboxylic acids is 1. The summed E-state index contributed by atoms with van der Waals surface area (Å²) < 4.78 is 25.9. The van der Waals surface area contributed by atoms with Crippen molar-refractivity contribution in [2.75, 3.05) is 7.05 Å². The number of benzene rings is 2. The lowest BCUT2D eigenvalue weighted by atomic mass is 10.0. The van der Waals surface area contributed by atoms with E-state index in [0.29, 0.717) is 12.8 Å². The van der Waals surface area contributed by atoms with Crippen LogP contribution in [0.2, 0.25) is 0 Å². The first-order chi connectivity index (χ1) is 14.4. The zero-order chi connectivity index (χ0) is 21.6. The summed E-state index contributed by atoms with van der Waals surface area (Å²) in [5.74, 6) is -0.0418. The van der Waals surface area contributed by atoms with Crippen LogP contribution in [0.15, 0.2) is 70.9 Å². The number of carbonyl (C=O) groups is 1. The summed E-state index contributed by atoms with van der Waals surface area (Å²) in [7, 11) is -2.07. The highest BCUT2D eigenvalue weighted by molar-refractivity contribution is 7.89. The van der Waals surface area contributed by atoms with Crippen molar-refractivity contribution in [3.8, 4) is 0 Å². The second kappa shape index (κ2) is 10.0. The van der Waals surface area contributed by atoms with Gasteiger partial charge in [0, 0.05) is 11.3 Å². The highest BCUT2D eigenvalue weighted by Gasteiger charge is 2.18. The van der Waals surface area contributed by atoms with E-state index in [1.54, 1.807) is 35.6 Å². The molecule has 0 aliphatic heterocycles. The van der Waals surface area contributed by atoms with Gasteiger partial charge >= 0.3 is 0 Å². The second-order valence-electron chi connectivity index (χ2n) is 6.96. The Morgan fingerprint density at radius 1 is 1.00 bits per heavy atom. The fraction of sp³-hybridized carbons (Fsp3) is 0.261. The molecule has 2 aromatic carbocycles. The van der Waals surface area contributed by atoms with Crippen molar-refractivity contribution in [2.24, 2.45) is 0 Å². The SMILES string of the molecule is CCc1ccc(C(NC(=O)CCc2ccc(S(=O)(=O)NC)cc2)c2cccs2)cc1. The fourth-order valence-electron chi connectivity index (χ4n) is 3.16. The highest BCUT2D eigenvalue weighted by Crippen LogP contribution is 2.26. The van der Waals surface area contributed by atoms with Gasteiger partial charge < -0.3 is 5.32 Å². The van der Waals surface area contributed by atoms with E-state index in [9.17, 15) is 13.2 Å². The molecule has 1 amide bonds.